The van der Waals surface area contributed by atoms with Crippen LogP contribution in [0.1, 0.15) is 41.7 Å². The number of nitrogens with one attached hydrogen (secondary N) is 1. The quantitative estimate of drug-likeness (QED) is 0.914. The topological polar surface area (TPSA) is 54.9 Å². The first-order valence-electron chi connectivity index (χ1n) is 6.08. The number of carbonyl (C=O) groups excluding carboxylic acids is 1. The number of carbonyl (C=O) groups is 1. The van der Waals surface area contributed by atoms with E-state index in [-0.39, 0.29) is 11.3 Å². The molecule has 1 N–H and O–H groups in total. The zero-order valence-corrected chi connectivity index (χ0v) is 12.3. The zero-order chi connectivity index (χ0) is 14.0. The number of hydrogen-bond acceptors (Lipinski definition) is 4. The molecule has 1 aromatic carbocycles. The second kappa shape index (κ2) is 5.09. The van der Waals surface area contributed by atoms with Gasteiger partial charge in [-0.3, -0.25) is 10.1 Å². The van der Waals surface area contributed by atoms with Crippen molar-refractivity contribution in [3.05, 3.63) is 40.4 Å². The number of amides is 1. The van der Waals surface area contributed by atoms with E-state index in [4.69, 9.17) is 0 Å². The number of rotatable bonds is 2. The van der Waals surface area contributed by atoms with Gasteiger partial charge in [0, 0.05) is 11.0 Å². The molecule has 19 heavy (non-hydrogen) atoms. The third kappa shape index (κ3) is 3.38. The van der Waals surface area contributed by atoms with Crippen LogP contribution < -0.4 is 5.32 Å². The molecule has 1 heterocycles. The molecule has 2 aromatic rings. The highest BCUT2D eigenvalue weighted by molar-refractivity contribution is 7.15. The van der Waals surface area contributed by atoms with E-state index in [0.717, 1.165) is 10.6 Å². The van der Waals surface area contributed by atoms with Gasteiger partial charge in [0.1, 0.15) is 5.01 Å². The maximum atomic E-state index is 12.0. The fraction of sp³-hybridized carbons (Fsp3) is 0.357. The van der Waals surface area contributed by atoms with Crippen LogP contribution in [0.4, 0.5) is 5.13 Å². The van der Waals surface area contributed by atoms with Gasteiger partial charge in [0.2, 0.25) is 5.13 Å². The Labute approximate surface area is 116 Å². The van der Waals surface area contributed by atoms with Crippen LogP contribution in [0.2, 0.25) is 0 Å². The lowest BCUT2D eigenvalue weighted by atomic mass is 9.98. The molecule has 0 spiro atoms. The Morgan fingerprint density at radius 1 is 1.16 bits per heavy atom. The number of anilines is 1. The van der Waals surface area contributed by atoms with Gasteiger partial charge in [-0.25, -0.2) is 0 Å². The minimum atomic E-state index is -0.156. The molecule has 0 saturated heterocycles. The largest absolute Gasteiger partial charge is 0.296 e. The zero-order valence-electron chi connectivity index (χ0n) is 11.5. The van der Waals surface area contributed by atoms with Crippen LogP contribution in [-0.4, -0.2) is 16.1 Å². The number of aryl methyl sites for hydroxylation is 1. The van der Waals surface area contributed by atoms with E-state index in [2.05, 4.69) is 36.3 Å². The lowest BCUT2D eigenvalue weighted by molar-refractivity contribution is 0.102. The molecule has 100 valence electrons. The summed E-state index contributed by atoms with van der Waals surface area (Å²) in [5, 5.41) is 12.3. The van der Waals surface area contributed by atoms with Crippen molar-refractivity contribution in [2.75, 3.05) is 5.32 Å². The summed E-state index contributed by atoms with van der Waals surface area (Å²) in [6, 6.07) is 7.43. The smallest absolute Gasteiger partial charge is 0.257 e. The molecule has 0 radical (unpaired) electrons. The molecule has 4 nitrogen and oxygen atoms in total. The van der Waals surface area contributed by atoms with Crippen LogP contribution in [0, 0.1) is 6.92 Å². The van der Waals surface area contributed by atoms with E-state index >= 15 is 0 Å². The van der Waals surface area contributed by atoms with Crippen molar-refractivity contribution in [3.63, 3.8) is 0 Å². The molecule has 0 saturated carbocycles. The van der Waals surface area contributed by atoms with E-state index in [0.29, 0.717) is 10.7 Å². The molecule has 0 atom stereocenters. The van der Waals surface area contributed by atoms with Crippen LogP contribution in [-0.2, 0) is 5.41 Å². The number of benzene rings is 1. The Morgan fingerprint density at radius 2 is 1.79 bits per heavy atom. The van der Waals surface area contributed by atoms with Crippen molar-refractivity contribution < 1.29 is 4.79 Å². The summed E-state index contributed by atoms with van der Waals surface area (Å²) in [7, 11) is 0. The van der Waals surface area contributed by atoms with E-state index in [1.165, 1.54) is 11.3 Å². The maximum absolute atomic E-state index is 12.0. The third-order valence-corrected chi connectivity index (χ3v) is 3.87. The molecule has 0 unspecified atom stereocenters. The van der Waals surface area contributed by atoms with Crippen LogP contribution in [0.3, 0.4) is 0 Å². The molecule has 0 bridgehead atoms. The lowest BCUT2D eigenvalue weighted by Crippen LogP contribution is -2.11. The Morgan fingerprint density at radius 3 is 2.32 bits per heavy atom. The molecular formula is C14H17N3OS. The second-order valence-electron chi connectivity index (χ2n) is 5.48. The molecule has 5 heteroatoms. The van der Waals surface area contributed by atoms with Gasteiger partial charge in [-0.05, 0) is 19.1 Å². The third-order valence-electron chi connectivity index (χ3n) is 2.60. The SMILES string of the molecule is Cc1ccc(C(=O)Nc2nnc(C(C)(C)C)s2)cc1. The van der Waals surface area contributed by atoms with Crippen molar-refractivity contribution >= 4 is 22.4 Å². The van der Waals surface area contributed by atoms with Gasteiger partial charge in [0.05, 0.1) is 0 Å². The first-order chi connectivity index (χ1) is 8.86. The molecular weight excluding hydrogens is 258 g/mol. The molecule has 2 rings (SSSR count). The molecule has 0 fully saturated rings. The normalized spacial score (nSPS) is 11.4. The van der Waals surface area contributed by atoms with Gasteiger partial charge >= 0.3 is 0 Å². The summed E-state index contributed by atoms with van der Waals surface area (Å²) in [4.78, 5) is 12.0. The highest BCUT2D eigenvalue weighted by Crippen LogP contribution is 2.27. The Balaban J connectivity index is 2.11. The lowest BCUT2D eigenvalue weighted by Gasteiger charge is -2.12. The Kier molecular flexibility index (Phi) is 3.66. The van der Waals surface area contributed by atoms with E-state index in [9.17, 15) is 4.79 Å². The minimum Gasteiger partial charge on any atom is -0.296 e. The summed E-state index contributed by atoms with van der Waals surface area (Å²) >= 11 is 1.41. The minimum absolute atomic E-state index is 0.0511. The molecule has 0 aliphatic carbocycles. The van der Waals surface area contributed by atoms with E-state index < -0.39 is 0 Å². The fourth-order valence-electron chi connectivity index (χ4n) is 1.45. The first kappa shape index (κ1) is 13.7. The average Bonchev–Trinajstić information content (AvgIpc) is 2.78. The van der Waals surface area contributed by atoms with Gasteiger partial charge in [-0.15, -0.1) is 10.2 Å². The van der Waals surface area contributed by atoms with Crippen molar-refractivity contribution in [2.24, 2.45) is 0 Å². The predicted molar refractivity (Wildman–Crippen MR) is 77.7 cm³/mol. The number of nitrogens with zero attached hydrogens (tertiary/aromatic N) is 2. The van der Waals surface area contributed by atoms with Gasteiger partial charge in [-0.1, -0.05) is 49.8 Å². The summed E-state index contributed by atoms with van der Waals surface area (Å²) in [6.07, 6.45) is 0. The van der Waals surface area contributed by atoms with Crippen molar-refractivity contribution in [1.82, 2.24) is 10.2 Å². The highest BCUT2D eigenvalue weighted by atomic mass is 32.1. The monoisotopic (exact) mass is 275 g/mol. The van der Waals surface area contributed by atoms with Crippen LogP contribution in [0.5, 0.6) is 0 Å². The predicted octanol–water partition coefficient (Wildman–Crippen LogP) is 3.40. The van der Waals surface area contributed by atoms with E-state index in [1.807, 2.05) is 19.1 Å². The molecule has 1 aromatic heterocycles. The van der Waals surface area contributed by atoms with Crippen LogP contribution >= 0.6 is 11.3 Å². The molecule has 1 amide bonds. The Hall–Kier alpha value is -1.75. The summed E-state index contributed by atoms with van der Waals surface area (Å²) in [5.74, 6) is -0.156. The van der Waals surface area contributed by atoms with Crippen molar-refractivity contribution in [2.45, 2.75) is 33.1 Å². The average molecular weight is 275 g/mol. The second-order valence-corrected chi connectivity index (χ2v) is 6.46. The fourth-order valence-corrected chi connectivity index (χ4v) is 2.25. The Bertz CT molecular complexity index is 581. The van der Waals surface area contributed by atoms with Gasteiger partial charge in [0.15, 0.2) is 0 Å². The number of hydrogen-bond donors (Lipinski definition) is 1. The standard InChI is InChI=1S/C14H17N3OS/c1-9-5-7-10(8-6-9)11(18)15-13-17-16-12(19-13)14(2,3)4/h5-8H,1-4H3,(H,15,17,18). The highest BCUT2D eigenvalue weighted by Gasteiger charge is 2.20. The van der Waals surface area contributed by atoms with Gasteiger partial charge in [-0.2, -0.15) is 0 Å². The summed E-state index contributed by atoms with van der Waals surface area (Å²) in [6.45, 7) is 8.19. The number of aromatic nitrogens is 2. The van der Waals surface area contributed by atoms with Crippen molar-refractivity contribution in [1.29, 1.82) is 0 Å². The molecule has 0 aliphatic heterocycles. The first-order valence-corrected chi connectivity index (χ1v) is 6.90. The van der Waals surface area contributed by atoms with Crippen molar-refractivity contribution in [3.8, 4) is 0 Å². The summed E-state index contributed by atoms with van der Waals surface area (Å²) in [5.41, 5.74) is 1.70. The van der Waals surface area contributed by atoms with Gasteiger partial charge < -0.3 is 0 Å². The summed E-state index contributed by atoms with van der Waals surface area (Å²) < 4.78 is 0. The molecule has 0 aliphatic rings. The van der Waals surface area contributed by atoms with E-state index in [1.54, 1.807) is 12.1 Å². The van der Waals surface area contributed by atoms with Crippen LogP contribution in [0.25, 0.3) is 0 Å². The van der Waals surface area contributed by atoms with Gasteiger partial charge in [0.25, 0.3) is 5.91 Å². The van der Waals surface area contributed by atoms with Crippen LogP contribution in [0.15, 0.2) is 24.3 Å². The maximum Gasteiger partial charge on any atom is 0.257 e.